The number of allylic oxidation sites excluding steroid dienone is 2. The van der Waals surface area contributed by atoms with Crippen molar-refractivity contribution in [2.24, 2.45) is 0 Å². The van der Waals surface area contributed by atoms with Gasteiger partial charge in [-0.15, -0.1) is 16.8 Å². The van der Waals surface area contributed by atoms with E-state index >= 15 is 0 Å². The minimum atomic E-state index is 0.541. The highest BCUT2D eigenvalue weighted by atomic mass is 16.4. The highest BCUT2D eigenvalue weighted by molar-refractivity contribution is 5.94. The third-order valence-electron chi connectivity index (χ3n) is 4.40. The van der Waals surface area contributed by atoms with Crippen LogP contribution in [0.3, 0.4) is 0 Å². The number of hydrogen-bond donors (Lipinski definition) is 0. The molecule has 0 unspecified atom stereocenters. The second-order valence-electron chi connectivity index (χ2n) is 6.36. The Morgan fingerprint density at radius 1 is 0.893 bits per heavy atom. The zero-order chi connectivity index (χ0) is 19.9. The van der Waals surface area contributed by atoms with Crippen LogP contribution in [0.25, 0.3) is 27.8 Å². The van der Waals surface area contributed by atoms with Crippen molar-refractivity contribution < 1.29 is 4.42 Å². The average molecular weight is 368 g/mol. The Kier molecular flexibility index (Phi) is 6.18. The van der Waals surface area contributed by atoms with E-state index in [-0.39, 0.29) is 0 Å². The Balaban J connectivity index is 0.000000706. The maximum atomic E-state index is 6.05. The molecule has 28 heavy (non-hydrogen) atoms. The summed E-state index contributed by atoms with van der Waals surface area (Å²) >= 11 is 0. The molecule has 0 aliphatic heterocycles. The van der Waals surface area contributed by atoms with Gasteiger partial charge in [0, 0.05) is 11.1 Å². The van der Waals surface area contributed by atoms with Crippen LogP contribution in [0.4, 0.5) is 0 Å². The molecule has 4 rings (SSSR count). The van der Waals surface area contributed by atoms with Gasteiger partial charge in [-0.05, 0) is 48.7 Å². The van der Waals surface area contributed by atoms with Crippen LogP contribution in [0.2, 0.25) is 0 Å². The first kappa shape index (κ1) is 19.3. The largest absolute Gasteiger partial charge is 0.416 e. The predicted octanol–water partition coefficient (Wildman–Crippen LogP) is 6.84. The predicted molar refractivity (Wildman–Crippen MR) is 117 cm³/mol. The number of rotatable bonds is 3. The first-order chi connectivity index (χ1) is 13.7. The quantitative estimate of drug-likeness (QED) is 0.371. The number of fused-ring (bicyclic) bond motifs is 1. The van der Waals surface area contributed by atoms with Crippen molar-refractivity contribution in [1.29, 1.82) is 0 Å². The molecule has 0 aliphatic rings. The van der Waals surface area contributed by atoms with Crippen LogP contribution in [-0.2, 0) is 0 Å². The molecular weight excluding hydrogens is 344 g/mol. The summed E-state index contributed by atoms with van der Waals surface area (Å²) in [4.78, 5) is 0. The molecule has 3 heteroatoms. The number of nitrogens with zero attached hydrogens (tertiary/aromatic N) is 2. The van der Waals surface area contributed by atoms with Gasteiger partial charge in [0.05, 0.1) is 0 Å². The summed E-state index contributed by atoms with van der Waals surface area (Å²) in [5, 5.41) is 10.9. The molecule has 0 bridgehead atoms. The molecule has 3 nitrogen and oxygen atoms in total. The van der Waals surface area contributed by atoms with Crippen LogP contribution in [0.15, 0.2) is 89.9 Å². The van der Waals surface area contributed by atoms with Gasteiger partial charge in [0.25, 0.3) is 0 Å². The molecule has 4 aromatic rings. The first-order valence-corrected chi connectivity index (χ1v) is 9.31. The molecule has 0 fully saturated rings. The fraction of sp³-hybridized carbons (Fsp3) is 0.120. The summed E-state index contributed by atoms with van der Waals surface area (Å²) < 4.78 is 6.05. The lowest BCUT2D eigenvalue weighted by Gasteiger charge is -2.06. The lowest BCUT2D eigenvalue weighted by molar-refractivity contribution is 0.554. The summed E-state index contributed by atoms with van der Waals surface area (Å²) in [5.74, 6) is 1.08. The van der Waals surface area contributed by atoms with E-state index in [0.29, 0.717) is 11.8 Å². The number of benzene rings is 3. The summed E-state index contributed by atoms with van der Waals surface area (Å²) in [7, 11) is 0. The fourth-order valence-electron chi connectivity index (χ4n) is 3.12. The topological polar surface area (TPSA) is 38.9 Å². The van der Waals surface area contributed by atoms with Gasteiger partial charge in [-0.25, -0.2) is 0 Å². The third kappa shape index (κ3) is 3.94. The van der Waals surface area contributed by atoms with E-state index in [1.165, 1.54) is 5.56 Å². The molecule has 3 aromatic carbocycles. The maximum absolute atomic E-state index is 6.05. The zero-order valence-corrected chi connectivity index (χ0v) is 16.5. The maximum Gasteiger partial charge on any atom is 0.248 e. The molecule has 0 spiro atoms. The standard InChI is InChI=1S/C22H18N2O.C3H6/c1-3-17(18-12-6-4-9-15(18)2)21-23-24-22(25-21)20-14-8-11-16-10-5-7-13-19(16)20;1-3-2/h3-14H,1-2H3;3H,1H2,2H3/b17-3+;. The van der Waals surface area contributed by atoms with Crippen LogP contribution in [-0.4, -0.2) is 10.2 Å². The van der Waals surface area contributed by atoms with E-state index in [4.69, 9.17) is 4.42 Å². The average Bonchev–Trinajstić information content (AvgIpc) is 3.20. The fourth-order valence-corrected chi connectivity index (χ4v) is 3.12. The van der Waals surface area contributed by atoms with Gasteiger partial charge in [0.15, 0.2) is 0 Å². The van der Waals surface area contributed by atoms with Crippen molar-refractivity contribution in [1.82, 2.24) is 10.2 Å². The van der Waals surface area contributed by atoms with Crippen molar-refractivity contribution in [2.45, 2.75) is 20.8 Å². The smallest absolute Gasteiger partial charge is 0.248 e. The summed E-state index contributed by atoms with van der Waals surface area (Å²) in [6.45, 7) is 9.32. The van der Waals surface area contributed by atoms with Gasteiger partial charge in [0.1, 0.15) is 0 Å². The van der Waals surface area contributed by atoms with Gasteiger partial charge in [0.2, 0.25) is 11.8 Å². The van der Waals surface area contributed by atoms with Crippen molar-refractivity contribution in [3.63, 3.8) is 0 Å². The lowest BCUT2D eigenvalue weighted by atomic mass is 10.0. The van der Waals surface area contributed by atoms with Crippen molar-refractivity contribution >= 4 is 16.3 Å². The molecule has 0 N–H and O–H groups in total. The van der Waals surface area contributed by atoms with Gasteiger partial charge in [-0.1, -0.05) is 72.8 Å². The molecule has 0 saturated heterocycles. The monoisotopic (exact) mass is 368 g/mol. The minimum absolute atomic E-state index is 0.541. The van der Waals surface area contributed by atoms with Gasteiger partial charge < -0.3 is 4.42 Å². The van der Waals surface area contributed by atoms with Gasteiger partial charge in [-0.2, -0.15) is 0 Å². The first-order valence-electron chi connectivity index (χ1n) is 9.31. The van der Waals surface area contributed by atoms with Gasteiger partial charge >= 0.3 is 0 Å². The third-order valence-corrected chi connectivity index (χ3v) is 4.40. The normalized spacial score (nSPS) is 11.0. The Hall–Kier alpha value is -3.46. The van der Waals surface area contributed by atoms with Crippen molar-refractivity contribution in [3.05, 3.63) is 102 Å². The van der Waals surface area contributed by atoms with Crippen LogP contribution in [0.5, 0.6) is 0 Å². The molecule has 0 saturated carbocycles. The Morgan fingerprint density at radius 2 is 1.57 bits per heavy atom. The molecule has 0 atom stereocenters. The highest BCUT2D eigenvalue weighted by Crippen LogP contribution is 2.31. The summed E-state index contributed by atoms with van der Waals surface area (Å²) in [6, 6.07) is 22.5. The van der Waals surface area contributed by atoms with E-state index in [0.717, 1.165) is 27.5 Å². The summed E-state index contributed by atoms with van der Waals surface area (Å²) in [5.41, 5.74) is 4.20. The van der Waals surface area contributed by atoms with E-state index in [1.54, 1.807) is 6.08 Å². The number of aromatic nitrogens is 2. The molecule has 0 amide bonds. The SMILES string of the molecule is C/C=C(/c1nnc(-c2cccc3ccccc23)o1)c1ccccc1C.C=CC. The second kappa shape index (κ2) is 8.96. The molecule has 0 aliphatic carbocycles. The molecule has 1 aromatic heterocycles. The number of hydrogen-bond acceptors (Lipinski definition) is 3. The molecule has 1 heterocycles. The molecule has 0 radical (unpaired) electrons. The van der Waals surface area contributed by atoms with E-state index in [9.17, 15) is 0 Å². The van der Waals surface area contributed by atoms with Crippen LogP contribution >= 0.6 is 0 Å². The Morgan fingerprint density at radius 3 is 2.32 bits per heavy atom. The number of aryl methyl sites for hydroxylation is 1. The van der Waals surface area contributed by atoms with Crippen molar-refractivity contribution in [3.8, 4) is 11.5 Å². The van der Waals surface area contributed by atoms with Crippen LogP contribution in [0, 0.1) is 6.92 Å². The van der Waals surface area contributed by atoms with E-state index in [1.807, 2.05) is 56.3 Å². The zero-order valence-electron chi connectivity index (χ0n) is 16.5. The van der Waals surface area contributed by atoms with Crippen LogP contribution in [0.1, 0.15) is 30.9 Å². The van der Waals surface area contributed by atoms with E-state index in [2.05, 4.69) is 54.0 Å². The summed E-state index contributed by atoms with van der Waals surface area (Å²) in [6.07, 6.45) is 3.77. The Labute approximate surface area is 166 Å². The van der Waals surface area contributed by atoms with Crippen LogP contribution < -0.4 is 0 Å². The minimum Gasteiger partial charge on any atom is -0.416 e. The Bertz CT molecular complexity index is 1120. The second-order valence-corrected chi connectivity index (χ2v) is 6.36. The molecular formula is C25H24N2O. The highest BCUT2D eigenvalue weighted by Gasteiger charge is 2.16. The van der Waals surface area contributed by atoms with Crippen molar-refractivity contribution in [2.75, 3.05) is 0 Å². The molecule has 140 valence electrons. The van der Waals surface area contributed by atoms with E-state index < -0.39 is 0 Å². The lowest BCUT2D eigenvalue weighted by Crippen LogP contribution is -1.91. The van der Waals surface area contributed by atoms with Gasteiger partial charge in [-0.3, -0.25) is 0 Å².